The van der Waals surface area contributed by atoms with Crippen LogP contribution in [0.1, 0.15) is 105 Å². The van der Waals surface area contributed by atoms with Gasteiger partial charge in [0, 0.05) is 48.6 Å². The van der Waals surface area contributed by atoms with Gasteiger partial charge < -0.3 is 18.3 Å². The summed E-state index contributed by atoms with van der Waals surface area (Å²) >= 11 is 0. The number of benzene rings is 7. The molecule has 0 atom stereocenters. The Hall–Kier alpha value is -6.20. The van der Waals surface area contributed by atoms with Crippen LogP contribution in [0.5, 0.6) is 23.0 Å². The molecular formula is C58H53BN2O2. The second-order valence-electron chi connectivity index (χ2n) is 23.0. The normalized spacial score (nSPS) is 14.6. The van der Waals surface area contributed by atoms with E-state index in [0.717, 1.165) is 39.5 Å². The Bertz CT molecular complexity index is 3590. The van der Waals surface area contributed by atoms with E-state index in [1.807, 2.05) is 0 Å². The summed E-state index contributed by atoms with van der Waals surface area (Å²) in [7, 11) is 0. The van der Waals surface area contributed by atoms with Gasteiger partial charge in [0.1, 0.15) is 23.0 Å². The lowest BCUT2D eigenvalue weighted by Gasteiger charge is -2.33. The van der Waals surface area contributed by atoms with Crippen molar-refractivity contribution >= 4 is 99.3 Å². The molecule has 7 aromatic carbocycles. The predicted molar refractivity (Wildman–Crippen MR) is 268 cm³/mol. The fourth-order valence-electron chi connectivity index (χ4n) is 11.4. The summed E-state index contributed by atoms with van der Waals surface area (Å²) in [5.74, 6) is 3.59. The molecule has 0 saturated carbocycles. The van der Waals surface area contributed by atoms with E-state index in [-0.39, 0.29) is 28.4 Å². The van der Waals surface area contributed by atoms with Gasteiger partial charge in [0.2, 0.25) is 0 Å². The molecule has 0 spiro atoms. The Morgan fingerprint density at radius 3 is 1.11 bits per heavy atom. The smallest absolute Gasteiger partial charge is 0.260 e. The lowest BCUT2D eigenvalue weighted by molar-refractivity contribution is 0.468. The minimum absolute atomic E-state index is 0.0188. The standard InChI is InChI=1S/C58H53BN2O2/c1-55(2,3)30-16-22-44-36(24-30)40-28-32(57(7,8)9)26-38-34-18-20-42-53(51(34)60(44)49(38)40)62-46-14-13-15-47-48(46)59(42)43-21-19-35-39-27-33(58(10,11)12)29-41-37-25-31(56(4,5)6)17-23-45(37)61(50(39)41)52(35)54(43)63-47/h13-29H,1-12H3. The van der Waals surface area contributed by atoms with E-state index < -0.39 is 0 Å². The van der Waals surface area contributed by atoms with Crippen molar-refractivity contribution in [1.82, 2.24) is 8.80 Å². The van der Waals surface area contributed by atoms with E-state index in [2.05, 4.69) is 195 Å². The third-order valence-electron chi connectivity index (χ3n) is 14.9. The van der Waals surface area contributed by atoms with Crippen molar-refractivity contribution in [3.05, 3.63) is 125 Å². The molecule has 2 aliphatic rings. The molecule has 0 amide bonds. The molecule has 2 aliphatic heterocycles. The van der Waals surface area contributed by atoms with Crippen molar-refractivity contribution in [3.8, 4) is 23.0 Å². The van der Waals surface area contributed by atoms with Crippen LogP contribution in [0.25, 0.3) is 76.2 Å². The Morgan fingerprint density at radius 2 is 0.730 bits per heavy atom. The second-order valence-corrected chi connectivity index (χ2v) is 23.0. The molecule has 4 nitrogen and oxygen atoms in total. The SMILES string of the molecule is CC(C)(C)c1ccc2c(c1)c1cc(C(C)(C)C)cc3c4ccc5c(c4n2c13)Oc1cccc2c1B5c1ccc3c4cc(C(C)(C)C)cc5c6cc(C(C)(C)C)ccc6n(c3c1O2)c54. The summed E-state index contributed by atoms with van der Waals surface area (Å²) in [6, 6.07) is 39.8. The molecule has 11 aromatic rings. The third kappa shape index (κ3) is 4.78. The maximum Gasteiger partial charge on any atom is 0.260 e. The van der Waals surface area contributed by atoms with Crippen LogP contribution in [0, 0.1) is 0 Å². The lowest BCUT2D eigenvalue weighted by atomic mass is 9.34. The van der Waals surface area contributed by atoms with E-state index in [0.29, 0.717) is 0 Å². The molecule has 6 heterocycles. The molecule has 13 rings (SSSR count). The van der Waals surface area contributed by atoms with Gasteiger partial charge in [-0.05, 0) is 116 Å². The molecule has 310 valence electrons. The highest BCUT2D eigenvalue weighted by Gasteiger charge is 2.43. The number of nitrogens with zero attached hydrogens (tertiary/aromatic N) is 2. The lowest BCUT2D eigenvalue weighted by Crippen LogP contribution is -2.57. The van der Waals surface area contributed by atoms with Gasteiger partial charge in [0.15, 0.2) is 0 Å². The van der Waals surface area contributed by atoms with Crippen LogP contribution in [0.4, 0.5) is 0 Å². The van der Waals surface area contributed by atoms with Gasteiger partial charge in [-0.2, -0.15) is 0 Å². The first-order valence-corrected chi connectivity index (χ1v) is 22.9. The second kappa shape index (κ2) is 11.5. The van der Waals surface area contributed by atoms with E-state index in [4.69, 9.17) is 9.47 Å². The number of hydrogen-bond donors (Lipinski definition) is 0. The van der Waals surface area contributed by atoms with Crippen molar-refractivity contribution in [1.29, 1.82) is 0 Å². The van der Waals surface area contributed by atoms with Gasteiger partial charge in [-0.25, -0.2) is 0 Å². The number of rotatable bonds is 0. The van der Waals surface area contributed by atoms with Crippen molar-refractivity contribution in [2.24, 2.45) is 0 Å². The van der Waals surface area contributed by atoms with Crippen molar-refractivity contribution in [2.75, 3.05) is 0 Å². The third-order valence-corrected chi connectivity index (χ3v) is 14.9. The molecule has 4 aromatic heterocycles. The summed E-state index contributed by atoms with van der Waals surface area (Å²) in [5.41, 5.74) is 16.1. The average Bonchev–Trinajstić information content (AvgIpc) is 3.95. The predicted octanol–water partition coefficient (Wildman–Crippen LogP) is 13.9. The number of aromatic nitrogens is 2. The van der Waals surface area contributed by atoms with Crippen LogP contribution in [0.3, 0.4) is 0 Å². The Balaban J connectivity index is 1.14. The molecular weight excluding hydrogens is 767 g/mol. The molecule has 0 N–H and O–H groups in total. The Kier molecular flexibility index (Phi) is 6.81. The first kappa shape index (κ1) is 37.4. The quantitative estimate of drug-likeness (QED) is 0.143. The number of hydrogen-bond acceptors (Lipinski definition) is 2. The maximum atomic E-state index is 7.25. The van der Waals surface area contributed by atoms with Crippen LogP contribution in [-0.2, 0) is 21.7 Å². The first-order valence-electron chi connectivity index (χ1n) is 22.9. The zero-order valence-electron chi connectivity index (χ0n) is 38.6. The highest BCUT2D eigenvalue weighted by molar-refractivity contribution is 6.98. The fourth-order valence-corrected chi connectivity index (χ4v) is 11.4. The van der Waals surface area contributed by atoms with Crippen molar-refractivity contribution in [3.63, 3.8) is 0 Å². The fraction of sp³-hybridized carbons (Fsp3) is 0.276. The van der Waals surface area contributed by atoms with Gasteiger partial charge >= 0.3 is 0 Å². The monoisotopic (exact) mass is 820 g/mol. The molecule has 0 unspecified atom stereocenters. The van der Waals surface area contributed by atoms with Gasteiger partial charge in [-0.1, -0.05) is 126 Å². The summed E-state index contributed by atoms with van der Waals surface area (Å²) < 4.78 is 19.5. The van der Waals surface area contributed by atoms with Gasteiger partial charge in [-0.15, -0.1) is 0 Å². The van der Waals surface area contributed by atoms with Crippen LogP contribution in [0.2, 0.25) is 0 Å². The molecule has 0 radical (unpaired) electrons. The van der Waals surface area contributed by atoms with Gasteiger partial charge in [0.25, 0.3) is 6.71 Å². The largest absolute Gasteiger partial charge is 0.456 e. The number of ether oxygens (including phenoxy) is 2. The number of fused-ring (bicyclic) bond motifs is 18. The van der Waals surface area contributed by atoms with E-state index >= 15 is 0 Å². The summed E-state index contributed by atoms with van der Waals surface area (Å²) in [6.45, 7) is 27.7. The summed E-state index contributed by atoms with van der Waals surface area (Å²) in [6.07, 6.45) is 0. The molecule has 0 fully saturated rings. The van der Waals surface area contributed by atoms with E-state index in [9.17, 15) is 0 Å². The topological polar surface area (TPSA) is 27.3 Å². The van der Waals surface area contributed by atoms with Crippen LogP contribution in [0.15, 0.2) is 103 Å². The maximum absolute atomic E-state index is 7.25. The minimum Gasteiger partial charge on any atom is -0.456 e. The van der Waals surface area contributed by atoms with Crippen LogP contribution in [-0.4, -0.2) is 15.5 Å². The van der Waals surface area contributed by atoms with E-state index in [1.54, 1.807) is 0 Å². The van der Waals surface area contributed by atoms with E-state index in [1.165, 1.54) is 98.3 Å². The Labute approximate surface area is 369 Å². The van der Waals surface area contributed by atoms with Crippen LogP contribution < -0.4 is 25.9 Å². The zero-order valence-corrected chi connectivity index (χ0v) is 38.6. The zero-order chi connectivity index (χ0) is 43.6. The van der Waals surface area contributed by atoms with Gasteiger partial charge in [0.05, 0.1) is 33.1 Å². The molecule has 0 saturated heterocycles. The van der Waals surface area contributed by atoms with Crippen molar-refractivity contribution in [2.45, 2.75) is 105 Å². The highest BCUT2D eigenvalue weighted by Crippen LogP contribution is 2.49. The molecule has 5 heteroatoms. The highest BCUT2D eigenvalue weighted by atomic mass is 16.5. The van der Waals surface area contributed by atoms with Gasteiger partial charge in [-0.3, -0.25) is 0 Å². The first-order chi connectivity index (χ1) is 29.8. The van der Waals surface area contributed by atoms with Crippen molar-refractivity contribution < 1.29 is 9.47 Å². The summed E-state index contributed by atoms with van der Waals surface area (Å²) in [5, 5.41) is 10.2. The minimum atomic E-state index is -0.0865. The average molecular weight is 821 g/mol. The Morgan fingerprint density at radius 1 is 0.365 bits per heavy atom. The molecule has 0 bridgehead atoms. The molecule has 63 heavy (non-hydrogen) atoms. The molecule has 0 aliphatic carbocycles. The summed E-state index contributed by atoms with van der Waals surface area (Å²) in [4.78, 5) is 0. The van der Waals surface area contributed by atoms with Crippen LogP contribution >= 0.6 is 0 Å².